The van der Waals surface area contributed by atoms with Crippen molar-refractivity contribution in [2.75, 3.05) is 6.61 Å². The third-order valence-electron chi connectivity index (χ3n) is 6.38. The molecule has 6 atom stereocenters. The SMILES string of the molecule is CCc1ccc(C[C@]2(O)[C@@](O)(c3ccccc3)O[C@](CO)([C@H](C)O)[C@@H](O)[C@@]2(O)Cl)cc1F. The molecule has 0 bridgehead atoms. The van der Waals surface area contributed by atoms with Crippen molar-refractivity contribution in [2.45, 2.75) is 60.9 Å². The van der Waals surface area contributed by atoms with Gasteiger partial charge in [0.05, 0.1) is 12.7 Å². The first-order chi connectivity index (χ1) is 14.9. The van der Waals surface area contributed by atoms with Crippen LogP contribution in [0, 0.1) is 5.82 Å². The minimum atomic E-state index is -3.05. The zero-order chi connectivity index (χ0) is 23.9. The Morgan fingerprint density at radius 1 is 1.12 bits per heavy atom. The molecule has 1 aliphatic heterocycles. The molecule has 0 aliphatic carbocycles. The van der Waals surface area contributed by atoms with Crippen LogP contribution in [0.25, 0.3) is 0 Å². The molecule has 1 aliphatic rings. The number of rotatable bonds is 6. The van der Waals surface area contributed by atoms with Crippen LogP contribution in [0.1, 0.15) is 30.5 Å². The van der Waals surface area contributed by atoms with Crippen molar-refractivity contribution < 1.29 is 39.8 Å². The lowest BCUT2D eigenvalue weighted by atomic mass is 9.68. The molecule has 3 rings (SSSR count). The van der Waals surface area contributed by atoms with Crippen LogP contribution in [0.2, 0.25) is 0 Å². The molecule has 0 spiro atoms. The summed E-state index contributed by atoms with van der Waals surface area (Å²) in [5, 5.41) is 62.8. The Bertz CT molecular complexity index is 957. The molecule has 2 aromatic carbocycles. The van der Waals surface area contributed by atoms with Crippen LogP contribution in [-0.2, 0) is 23.4 Å². The Hall–Kier alpha value is -1.62. The van der Waals surface area contributed by atoms with Crippen LogP contribution in [0.5, 0.6) is 0 Å². The van der Waals surface area contributed by atoms with Crippen LogP contribution in [0.3, 0.4) is 0 Å². The van der Waals surface area contributed by atoms with E-state index < -0.39 is 53.1 Å². The molecule has 1 saturated heterocycles. The Labute approximate surface area is 190 Å². The van der Waals surface area contributed by atoms with Gasteiger partial charge in [-0.3, -0.25) is 0 Å². The number of halogens is 2. The molecule has 1 fully saturated rings. The minimum Gasteiger partial charge on any atom is -0.393 e. The fourth-order valence-corrected chi connectivity index (χ4v) is 4.64. The van der Waals surface area contributed by atoms with Crippen LogP contribution in [-0.4, -0.2) is 65.7 Å². The molecule has 1 heterocycles. The second kappa shape index (κ2) is 8.62. The van der Waals surface area contributed by atoms with Gasteiger partial charge in [0, 0.05) is 12.0 Å². The molecule has 176 valence electrons. The molecule has 32 heavy (non-hydrogen) atoms. The number of benzene rings is 2. The highest BCUT2D eigenvalue weighted by atomic mass is 35.5. The van der Waals surface area contributed by atoms with Gasteiger partial charge in [0.15, 0.2) is 11.2 Å². The molecular weight excluding hydrogens is 443 g/mol. The second-order valence-electron chi connectivity index (χ2n) is 8.29. The summed E-state index contributed by atoms with van der Waals surface area (Å²) in [6, 6.07) is 11.5. The monoisotopic (exact) mass is 470 g/mol. The quantitative estimate of drug-likeness (QED) is 0.346. The number of aliphatic hydroxyl groups is 6. The molecule has 0 aromatic heterocycles. The zero-order valence-corrected chi connectivity index (χ0v) is 18.5. The molecule has 0 amide bonds. The van der Waals surface area contributed by atoms with E-state index in [-0.39, 0.29) is 11.1 Å². The molecule has 0 saturated carbocycles. The lowest BCUT2D eigenvalue weighted by Gasteiger charge is -2.61. The van der Waals surface area contributed by atoms with E-state index in [0.717, 1.165) is 6.07 Å². The normalized spacial score (nSPS) is 36.1. The maximum Gasteiger partial charge on any atom is 0.227 e. The number of aliphatic hydroxyl groups excluding tert-OH is 3. The topological polar surface area (TPSA) is 131 Å². The molecular formula is C23H28ClFO7. The van der Waals surface area contributed by atoms with Crippen molar-refractivity contribution >= 4 is 11.6 Å². The van der Waals surface area contributed by atoms with E-state index >= 15 is 0 Å². The maximum atomic E-state index is 14.4. The summed E-state index contributed by atoms with van der Waals surface area (Å²) in [5.41, 5.74) is -4.70. The largest absolute Gasteiger partial charge is 0.393 e. The summed E-state index contributed by atoms with van der Waals surface area (Å²) in [5.74, 6) is -3.38. The predicted octanol–water partition coefficient (Wildman–Crippen LogP) is 0.937. The molecule has 0 radical (unpaired) electrons. The Morgan fingerprint density at radius 2 is 1.75 bits per heavy atom. The number of hydrogen-bond acceptors (Lipinski definition) is 7. The van der Waals surface area contributed by atoms with Gasteiger partial charge < -0.3 is 35.4 Å². The van der Waals surface area contributed by atoms with E-state index in [2.05, 4.69) is 0 Å². The van der Waals surface area contributed by atoms with Gasteiger partial charge in [0.25, 0.3) is 0 Å². The Morgan fingerprint density at radius 3 is 2.25 bits per heavy atom. The second-order valence-corrected chi connectivity index (χ2v) is 8.87. The van der Waals surface area contributed by atoms with Gasteiger partial charge >= 0.3 is 0 Å². The van der Waals surface area contributed by atoms with Gasteiger partial charge in [0.1, 0.15) is 11.9 Å². The number of alkyl halides is 1. The first-order valence-corrected chi connectivity index (χ1v) is 10.6. The lowest BCUT2D eigenvalue weighted by molar-refractivity contribution is -0.444. The van der Waals surface area contributed by atoms with Crippen LogP contribution < -0.4 is 0 Å². The summed E-state index contributed by atoms with van der Waals surface area (Å²) >= 11 is 6.32. The van der Waals surface area contributed by atoms with Crippen molar-refractivity contribution in [3.63, 3.8) is 0 Å². The fraction of sp³-hybridized carbons (Fsp3) is 0.478. The van der Waals surface area contributed by atoms with E-state index in [1.807, 2.05) is 0 Å². The van der Waals surface area contributed by atoms with E-state index in [1.54, 1.807) is 13.0 Å². The number of hydrogen-bond donors (Lipinski definition) is 6. The Balaban J connectivity index is 2.24. The first-order valence-electron chi connectivity index (χ1n) is 10.3. The zero-order valence-electron chi connectivity index (χ0n) is 17.7. The van der Waals surface area contributed by atoms with Crippen molar-refractivity contribution in [1.82, 2.24) is 0 Å². The van der Waals surface area contributed by atoms with Crippen LogP contribution in [0.15, 0.2) is 48.5 Å². The molecule has 0 unspecified atom stereocenters. The van der Waals surface area contributed by atoms with E-state index in [9.17, 15) is 35.0 Å². The van der Waals surface area contributed by atoms with Crippen molar-refractivity contribution in [1.29, 1.82) is 0 Å². The smallest absolute Gasteiger partial charge is 0.227 e. The summed E-state index contributed by atoms with van der Waals surface area (Å²) in [7, 11) is 0. The van der Waals surface area contributed by atoms with Crippen LogP contribution >= 0.6 is 11.6 Å². The summed E-state index contributed by atoms with van der Waals surface area (Å²) in [6.07, 6.45) is -4.10. The van der Waals surface area contributed by atoms with Gasteiger partial charge in [-0.05, 0) is 30.5 Å². The summed E-state index contributed by atoms with van der Waals surface area (Å²) in [6.45, 7) is 1.89. The molecule has 6 N–H and O–H groups in total. The van der Waals surface area contributed by atoms with Crippen molar-refractivity contribution in [3.8, 4) is 0 Å². The highest BCUT2D eigenvalue weighted by molar-refractivity contribution is 6.24. The first kappa shape index (κ1) is 25.0. The highest BCUT2D eigenvalue weighted by Gasteiger charge is 2.76. The van der Waals surface area contributed by atoms with Gasteiger partial charge in [-0.1, -0.05) is 61.0 Å². The van der Waals surface area contributed by atoms with Crippen molar-refractivity contribution in [2.24, 2.45) is 0 Å². The number of aryl methyl sites for hydroxylation is 1. The molecule has 7 nitrogen and oxygen atoms in total. The third-order valence-corrected chi connectivity index (χ3v) is 6.90. The predicted molar refractivity (Wildman–Crippen MR) is 114 cm³/mol. The number of ether oxygens (including phenoxy) is 1. The molecule has 9 heteroatoms. The summed E-state index contributed by atoms with van der Waals surface area (Å²) in [4.78, 5) is 0. The fourth-order valence-electron chi connectivity index (χ4n) is 4.26. The van der Waals surface area contributed by atoms with Gasteiger partial charge in [0.2, 0.25) is 10.8 Å². The average molecular weight is 471 g/mol. The summed E-state index contributed by atoms with van der Waals surface area (Å²) < 4.78 is 20.1. The van der Waals surface area contributed by atoms with Crippen molar-refractivity contribution in [3.05, 3.63) is 71.0 Å². The van der Waals surface area contributed by atoms with Gasteiger partial charge in [-0.15, -0.1) is 0 Å². The lowest BCUT2D eigenvalue weighted by Crippen LogP contribution is -2.82. The Kier molecular flexibility index (Phi) is 6.74. The average Bonchev–Trinajstić information content (AvgIpc) is 2.76. The third kappa shape index (κ3) is 3.55. The standard InChI is InChI=1S/C23H28ClFO7/c1-3-16-10-9-15(11-18(16)25)12-21(29)22(24,30)19(28)20(13-26,14(2)27)32-23(21,31)17-7-5-4-6-8-17/h4-11,14,19,26-31H,3,12-13H2,1-2H3/t14-,19+,20+,21+,22-,23+/m0/s1. The van der Waals surface area contributed by atoms with Gasteiger partial charge in [-0.25, -0.2) is 4.39 Å². The highest BCUT2D eigenvalue weighted by Crippen LogP contribution is 2.55. The van der Waals surface area contributed by atoms with Gasteiger partial charge in [-0.2, -0.15) is 0 Å². The minimum absolute atomic E-state index is 0.0717. The maximum absolute atomic E-state index is 14.4. The van der Waals surface area contributed by atoms with E-state index in [4.69, 9.17) is 16.3 Å². The molecule has 2 aromatic rings. The van der Waals surface area contributed by atoms with E-state index in [0.29, 0.717) is 12.0 Å². The van der Waals surface area contributed by atoms with E-state index in [1.165, 1.54) is 43.3 Å². The van der Waals surface area contributed by atoms with Crippen LogP contribution in [0.4, 0.5) is 4.39 Å².